The third-order valence-corrected chi connectivity index (χ3v) is 4.63. The average molecular weight is 313 g/mol. The normalized spacial score (nSPS) is 15.3. The Labute approximate surface area is 137 Å². The molecule has 0 aliphatic heterocycles. The van der Waals surface area contributed by atoms with E-state index in [0.717, 1.165) is 16.9 Å². The van der Waals surface area contributed by atoms with Crippen LogP contribution < -0.4 is 4.74 Å². The topological polar surface area (TPSA) is 42.7 Å². The van der Waals surface area contributed by atoms with E-state index in [1.54, 1.807) is 13.4 Å². The van der Waals surface area contributed by atoms with Crippen LogP contribution in [0.25, 0.3) is 0 Å². The maximum Gasteiger partial charge on any atom is 0.290 e. The fraction of sp³-hybridized carbons (Fsp3) is 0.421. The summed E-state index contributed by atoms with van der Waals surface area (Å²) in [4.78, 5) is 14.9. The number of carbonyl (C=O) groups excluding carboxylic acids is 1. The first-order valence-corrected chi connectivity index (χ1v) is 8.08. The summed E-state index contributed by atoms with van der Waals surface area (Å²) in [6, 6.07) is 9.92. The van der Waals surface area contributed by atoms with Crippen molar-refractivity contribution in [2.75, 3.05) is 7.11 Å². The van der Waals surface area contributed by atoms with Crippen LogP contribution in [0.5, 0.6) is 5.75 Å². The van der Waals surface area contributed by atoms with Crippen LogP contribution in [0.15, 0.2) is 41.0 Å². The molecule has 0 N–H and O–H groups in total. The highest BCUT2D eigenvalue weighted by atomic mass is 16.5. The van der Waals surface area contributed by atoms with Gasteiger partial charge in [-0.3, -0.25) is 4.79 Å². The molecule has 0 radical (unpaired) electrons. The van der Waals surface area contributed by atoms with Crippen LogP contribution in [0.2, 0.25) is 0 Å². The van der Waals surface area contributed by atoms with E-state index in [1.807, 2.05) is 42.2 Å². The van der Waals surface area contributed by atoms with Gasteiger partial charge >= 0.3 is 0 Å². The molecule has 0 bridgehead atoms. The molecule has 1 aromatic heterocycles. The van der Waals surface area contributed by atoms with Gasteiger partial charge in [-0.15, -0.1) is 0 Å². The van der Waals surface area contributed by atoms with Gasteiger partial charge < -0.3 is 14.1 Å². The SMILES string of the molecule is COc1ccc(CN(C(=O)c2occc2C)C(C)C2CC2)cc1. The van der Waals surface area contributed by atoms with Crippen LogP contribution in [0, 0.1) is 12.8 Å². The Kier molecular flexibility index (Phi) is 4.42. The third-order valence-electron chi connectivity index (χ3n) is 4.63. The molecular formula is C19H23NO3. The van der Waals surface area contributed by atoms with Crippen molar-refractivity contribution in [2.24, 2.45) is 5.92 Å². The van der Waals surface area contributed by atoms with Crippen molar-refractivity contribution in [3.63, 3.8) is 0 Å². The molecule has 1 saturated carbocycles. The number of aryl methyl sites for hydroxylation is 1. The van der Waals surface area contributed by atoms with Crippen molar-refractivity contribution in [3.8, 4) is 5.75 Å². The Morgan fingerprint density at radius 3 is 2.52 bits per heavy atom. The molecule has 1 unspecified atom stereocenters. The van der Waals surface area contributed by atoms with Crippen LogP contribution in [-0.4, -0.2) is 24.0 Å². The number of methoxy groups -OCH3 is 1. The van der Waals surface area contributed by atoms with Gasteiger partial charge in [0.25, 0.3) is 5.91 Å². The van der Waals surface area contributed by atoms with Crippen molar-refractivity contribution >= 4 is 5.91 Å². The van der Waals surface area contributed by atoms with E-state index in [0.29, 0.717) is 18.2 Å². The number of nitrogens with zero attached hydrogens (tertiary/aromatic N) is 1. The molecule has 23 heavy (non-hydrogen) atoms. The molecule has 4 heteroatoms. The highest BCUT2D eigenvalue weighted by molar-refractivity contribution is 5.93. The second-order valence-corrected chi connectivity index (χ2v) is 6.29. The smallest absolute Gasteiger partial charge is 0.290 e. The predicted molar refractivity (Wildman–Crippen MR) is 88.5 cm³/mol. The number of furan rings is 1. The zero-order valence-electron chi connectivity index (χ0n) is 13.9. The number of amides is 1. The van der Waals surface area contributed by atoms with Crippen molar-refractivity contribution in [2.45, 2.75) is 39.3 Å². The van der Waals surface area contributed by atoms with Crippen molar-refractivity contribution in [1.82, 2.24) is 4.90 Å². The summed E-state index contributed by atoms with van der Waals surface area (Å²) in [7, 11) is 1.65. The van der Waals surface area contributed by atoms with E-state index in [2.05, 4.69) is 6.92 Å². The number of ether oxygens (including phenoxy) is 1. The van der Waals surface area contributed by atoms with Gasteiger partial charge in [0.05, 0.1) is 13.4 Å². The minimum absolute atomic E-state index is 0.0253. The molecule has 0 spiro atoms. The van der Waals surface area contributed by atoms with E-state index in [1.165, 1.54) is 12.8 Å². The van der Waals surface area contributed by atoms with Crippen LogP contribution in [-0.2, 0) is 6.54 Å². The van der Waals surface area contributed by atoms with E-state index in [4.69, 9.17) is 9.15 Å². The molecule has 1 atom stereocenters. The number of rotatable bonds is 6. The maximum atomic E-state index is 12.9. The lowest BCUT2D eigenvalue weighted by Gasteiger charge is -2.29. The van der Waals surface area contributed by atoms with Gasteiger partial charge in [0.2, 0.25) is 0 Å². The summed E-state index contributed by atoms with van der Waals surface area (Å²) in [5, 5.41) is 0. The molecule has 1 amide bonds. The van der Waals surface area contributed by atoms with Crippen LogP contribution in [0.3, 0.4) is 0 Å². The zero-order valence-corrected chi connectivity index (χ0v) is 13.9. The second kappa shape index (κ2) is 6.49. The molecular weight excluding hydrogens is 290 g/mol. The molecule has 1 aromatic carbocycles. The average Bonchev–Trinajstić information content (AvgIpc) is 3.33. The first kappa shape index (κ1) is 15.7. The largest absolute Gasteiger partial charge is 0.497 e. The van der Waals surface area contributed by atoms with Gasteiger partial charge in [0, 0.05) is 18.2 Å². The summed E-state index contributed by atoms with van der Waals surface area (Å²) in [5.41, 5.74) is 1.98. The van der Waals surface area contributed by atoms with Gasteiger partial charge in [-0.1, -0.05) is 12.1 Å². The highest BCUT2D eigenvalue weighted by Gasteiger charge is 2.35. The van der Waals surface area contributed by atoms with E-state index >= 15 is 0 Å². The summed E-state index contributed by atoms with van der Waals surface area (Å²) < 4.78 is 10.6. The quantitative estimate of drug-likeness (QED) is 0.808. The first-order chi connectivity index (χ1) is 11.1. The Balaban J connectivity index is 1.83. The van der Waals surface area contributed by atoms with Crippen molar-refractivity contribution in [1.29, 1.82) is 0 Å². The number of benzene rings is 1. The summed E-state index contributed by atoms with van der Waals surface area (Å²) in [6.45, 7) is 4.63. The molecule has 1 aliphatic rings. The molecule has 1 aliphatic carbocycles. The number of hydrogen-bond acceptors (Lipinski definition) is 3. The van der Waals surface area contributed by atoms with E-state index in [9.17, 15) is 4.79 Å². The van der Waals surface area contributed by atoms with E-state index < -0.39 is 0 Å². The summed E-state index contributed by atoms with van der Waals surface area (Å²) in [6.07, 6.45) is 3.98. The summed E-state index contributed by atoms with van der Waals surface area (Å²) in [5.74, 6) is 1.85. The van der Waals surface area contributed by atoms with E-state index in [-0.39, 0.29) is 11.9 Å². The Hall–Kier alpha value is -2.23. The second-order valence-electron chi connectivity index (χ2n) is 6.29. The number of carbonyl (C=O) groups is 1. The molecule has 1 heterocycles. The van der Waals surface area contributed by atoms with Gasteiger partial charge in [0.1, 0.15) is 5.75 Å². The molecule has 2 aromatic rings. The Bertz CT molecular complexity index is 670. The molecule has 4 nitrogen and oxygen atoms in total. The summed E-state index contributed by atoms with van der Waals surface area (Å²) >= 11 is 0. The minimum Gasteiger partial charge on any atom is -0.497 e. The molecule has 1 fully saturated rings. The number of hydrogen-bond donors (Lipinski definition) is 0. The van der Waals surface area contributed by atoms with Gasteiger partial charge in [-0.2, -0.15) is 0 Å². The lowest BCUT2D eigenvalue weighted by atomic mass is 10.1. The third kappa shape index (κ3) is 3.41. The zero-order chi connectivity index (χ0) is 16.4. The van der Waals surface area contributed by atoms with Crippen molar-refractivity contribution in [3.05, 3.63) is 53.5 Å². The first-order valence-electron chi connectivity index (χ1n) is 8.08. The molecule has 122 valence electrons. The Morgan fingerprint density at radius 1 is 1.30 bits per heavy atom. The fourth-order valence-electron chi connectivity index (χ4n) is 2.88. The minimum atomic E-state index is -0.0253. The lowest BCUT2D eigenvalue weighted by Crippen LogP contribution is -2.39. The monoisotopic (exact) mass is 313 g/mol. The van der Waals surface area contributed by atoms with Gasteiger partial charge in [0.15, 0.2) is 5.76 Å². The lowest BCUT2D eigenvalue weighted by molar-refractivity contribution is 0.0620. The maximum absolute atomic E-state index is 12.9. The fourth-order valence-corrected chi connectivity index (χ4v) is 2.88. The van der Waals surface area contributed by atoms with Gasteiger partial charge in [-0.05, 0) is 56.4 Å². The Morgan fingerprint density at radius 2 is 2.00 bits per heavy atom. The highest BCUT2D eigenvalue weighted by Crippen LogP contribution is 2.36. The van der Waals surface area contributed by atoms with Crippen LogP contribution in [0.1, 0.15) is 41.4 Å². The predicted octanol–water partition coefficient (Wildman–Crippen LogP) is 4.04. The molecule has 3 rings (SSSR count). The standard InChI is InChI=1S/C19H23NO3/c1-13-10-11-23-18(13)19(21)20(14(2)16-6-7-16)12-15-4-8-17(22-3)9-5-15/h4-5,8-11,14,16H,6-7,12H2,1-3H3. The van der Waals surface area contributed by atoms with Crippen molar-refractivity contribution < 1.29 is 13.9 Å². The van der Waals surface area contributed by atoms with Crippen LogP contribution >= 0.6 is 0 Å². The van der Waals surface area contributed by atoms with Crippen LogP contribution in [0.4, 0.5) is 0 Å². The van der Waals surface area contributed by atoms with Gasteiger partial charge in [-0.25, -0.2) is 0 Å². The molecule has 0 saturated heterocycles.